The second kappa shape index (κ2) is 6.45. The lowest BCUT2D eigenvalue weighted by molar-refractivity contribution is 0.229. The van der Waals surface area contributed by atoms with Crippen molar-refractivity contribution in [2.45, 2.75) is 31.8 Å². The van der Waals surface area contributed by atoms with E-state index >= 15 is 0 Å². The van der Waals surface area contributed by atoms with Gasteiger partial charge in [0.2, 0.25) is 0 Å². The number of fused-ring (bicyclic) bond motifs is 7. The summed E-state index contributed by atoms with van der Waals surface area (Å²) in [7, 11) is 4.92. The number of nitrogens with zero attached hydrogens (tertiary/aromatic N) is 1. The Morgan fingerprint density at radius 3 is 2.39 bits per heavy atom. The van der Waals surface area contributed by atoms with Crippen molar-refractivity contribution in [3.05, 3.63) is 35.4 Å². The molecule has 0 radical (unpaired) electrons. The molecule has 1 fully saturated rings. The third-order valence-electron chi connectivity index (χ3n) is 6.45. The Labute approximate surface area is 164 Å². The molecule has 5 nitrogen and oxygen atoms in total. The van der Waals surface area contributed by atoms with Crippen molar-refractivity contribution in [2.75, 3.05) is 27.9 Å². The van der Waals surface area contributed by atoms with Gasteiger partial charge < -0.3 is 19.3 Å². The van der Waals surface area contributed by atoms with Crippen LogP contribution >= 0.6 is 0 Å². The summed E-state index contributed by atoms with van der Waals surface area (Å²) in [5, 5.41) is 14.7. The van der Waals surface area contributed by atoms with Gasteiger partial charge in [-0.05, 0) is 71.3 Å². The van der Waals surface area contributed by atoms with Crippen LogP contribution in [-0.2, 0) is 13.0 Å². The highest BCUT2D eigenvalue weighted by Gasteiger charge is 2.33. The van der Waals surface area contributed by atoms with Crippen molar-refractivity contribution in [3.8, 4) is 23.0 Å². The molecule has 2 aliphatic heterocycles. The van der Waals surface area contributed by atoms with E-state index in [9.17, 15) is 5.11 Å². The van der Waals surface area contributed by atoms with Gasteiger partial charge in [0.05, 0.1) is 21.3 Å². The maximum absolute atomic E-state index is 10.5. The molecule has 2 aliphatic rings. The first-order valence-electron chi connectivity index (χ1n) is 9.79. The Hall–Kier alpha value is -2.66. The molecule has 1 N–H and O–H groups in total. The van der Waals surface area contributed by atoms with Gasteiger partial charge in [0.25, 0.3) is 0 Å². The summed E-state index contributed by atoms with van der Waals surface area (Å²) in [5.74, 6) is 2.08. The van der Waals surface area contributed by atoms with E-state index in [1.807, 2.05) is 12.1 Å². The fourth-order valence-electron chi connectivity index (χ4n) is 5.14. The van der Waals surface area contributed by atoms with Crippen LogP contribution in [0.4, 0.5) is 0 Å². The molecular formula is C23H25NO4. The van der Waals surface area contributed by atoms with E-state index in [1.165, 1.54) is 24.0 Å². The maximum Gasteiger partial charge on any atom is 0.168 e. The van der Waals surface area contributed by atoms with E-state index in [2.05, 4.69) is 11.0 Å². The van der Waals surface area contributed by atoms with Crippen LogP contribution in [0.2, 0.25) is 0 Å². The molecule has 0 amide bonds. The van der Waals surface area contributed by atoms with Crippen LogP contribution < -0.4 is 14.2 Å². The highest BCUT2D eigenvalue weighted by atomic mass is 16.5. The fraction of sp³-hybridized carbons (Fsp3) is 0.391. The average Bonchev–Trinajstić information content (AvgIpc) is 3.18. The molecule has 1 saturated heterocycles. The van der Waals surface area contributed by atoms with E-state index in [0.717, 1.165) is 46.8 Å². The van der Waals surface area contributed by atoms with E-state index in [0.29, 0.717) is 17.5 Å². The Balaban J connectivity index is 1.94. The minimum Gasteiger partial charge on any atom is -0.504 e. The van der Waals surface area contributed by atoms with Crippen molar-refractivity contribution in [3.63, 3.8) is 0 Å². The number of hydrogen-bond donors (Lipinski definition) is 1. The number of phenols is 1. The zero-order valence-corrected chi connectivity index (χ0v) is 16.5. The van der Waals surface area contributed by atoms with Crippen molar-refractivity contribution >= 4 is 21.5 Å². The van der Waals surface area contributed by atoms with Crippen molar-refractivity contribution < 1.29 is 19.3 Å². The zero-order valence-electron chi connectivity index (χ0n) is 16.5. The van der Waals surface area contributed by atoms with Crippen LogP contribution in [0.3, 0.4) is 0 Å². The molecule has 0 bridgehead atoms. The summed E-state index contributed by atoms with van der Waals surface area (Å²) in [6.45, 7) is 2.11. The van der Waals surface area contributed by atoms with Gasteiger partial charge in [-0.2, -0.15) is 0 Å². The summed E-state index contributed by atoms with van der Waals surface area (Å²) in [4.78, 5) is 2.60. The standard InChI is InChI=1S/C23H25NO4/c1-26-20-10-16-17(11-21(20)27-2)22-14(6-7-19(25)23(22)28-3)15-9-13-5-4-8-24(13)12-18(15)16/h6-7,10-11,13,25H,4-5,8-9,12H2,1-3H3/t13-/m1/s1. The summed E-state index contributed by atoms with van der Waals surface area (Å²) >= 11 is 0. The minimum atomic E-state index is 0.157. The molecule has 5 heteroatoms. The Bertz CT molecular complexity index is 1090. The first-order valence-corrected chi connectivity index (χ1v) is 9.79. The molecule has 3 aromatic rings. The zero-order chi connectivity index (χ0) is 19.4. The molecule has 0 aliphatic carbocycles. The molecule has 146 valence electrons. The molecule has 0 unspecified atom stereocenters. The van der Waals surface area contributed by atoms with Gasteiger partial charge in [-0.15, -0.1) is 0 Å². The normalized spacial score (nSPS) is 18.9. The van der Waals surface area contributed by atoms with Gasteiger partial charge in [-0.3, -0.25) is 4.90 Å². The lowest BCUT2D eigenvalue weighted by atomic mass is 9.85. The van der Waals surface area contributed by atoms with Gasteiger partial charge in [0.1, 0.15) is 0 Å². The first-order chi connectivity index (χ1) is 13.7. The molecule has 0 aromatic heterocycles. The molecule has 5 rings (SSSR count). The SMILES string of the molecule is COc1cc2c3c(c4ccc(O)c(OC)c4c2cc1OC)C[C@H]1CCCN1C3. The lowest BCUT2D eigenvalue weighted by Gasteiger charge is -2.33. The number of benzene rings is 3. The molecular weight excluding hydrogens is 354 g/mol. The quantitative estimate of drug-likeness (QED) is 0.690. The highest BCUT2D eigenvalue weighted by Crippen LogP contribution is 2.47. The van der Waals surface area contributed by atoms with Crippen molar-refractivity contribution in [2.24, 2.45) is 0 Å². The Morgan fingerprint density at radius 2 is 1.68 bits per heavy atom. The number of phenolic OH excluding ortho intramolecular Hbond substituents is 1. The molecule has 28 heavy (non-hydrogen) atoms. The molecule has 2 heterocycles. The Kier molecular flexibility index (Phi) is 4.02. The molecule has 1 atom stereocenters. The van der Waals surface area contributed by atoms with Crippen molar-refractivity contribution in [1.29, 1.82) is 0 Å². The minimum absolute atomic E-state index is 0.157. The van der Waals surface area contributed by atoms with Gasteiger partial charge >= 0.3 is 0 Å². The smallest absolute Gasteiger partial charge is 0.168 e. The van der Waals surface area contributed by atoms with Crippen LogP contribution in [0.25, 0.3) is 21.5 Å². The lowest BCUT2D eigenvalue weighted by Crippen LogP contribution is -2.35. The van der Waals surface area contributed by atoms with E-state index in [1.54, 1.807) is 27.4 Å². The predicted octanol–water partition coefficient (Wildman–Crippen LogP) is 4.24. The summed E-state index contributed by atoms with van der Waals surface area (Å²) < 4.78 is 16.8. The van der Waals surface area contributed by atoms with Crippen LogP contribution in [0, 0.1) is 0 Å². The highest BCUT2D eigenvalue weighted by molar-refractivity contribution is 6.15. The predicted molar refractivity (Wildman–Crippen MR) is 110 cm³/mol. The van der Waals surface area contributed by atoms with Gasteiger partial charge in [-0.25, -0.2) is 0 Å². The molecule has 3 aromatic carbocycles. The van der Waals surface area contributed by atoms with Crippen LogP contribution in [0.5, 0.6) is 23.0 Å². The first kappa shape index (κ1) is 17.4. The third-order valence-corrected chi connectivity index (χ3v) is 6.45. The number of aromatic hydroxyl groups is 1. The second-order valence-electron chi connectivity index (χ2n) is 7.72. The van der Waals surface area contributed by atoms with E-state index in [-0.39, 0.29) is 5.75 Å². The van der Waals surface area contributed by atoms with Gasteiger partial charge in [0.15, 0.2) is 23.0 Å². The van der Waals surface area contributed by atoms with E-state index < -0.39 is 0 Å². The van der Waals surface area contributed by atoms with Crippen LogP contribution in [-0.4, -0.2) is 43.9 Å². The van der Waals surface area contributed by atoms with Crippen LogP contribution in [0.15, 0.2) is 24.3 Å². The number of methoxy groups -OCH3 is 3. The second-order valence-corrected chi connectivity index (χ2v) is 7.72. The van der Waals surface area contributed by atoms with Crippen LogP contribution in [0.1, 0.15) is 24.0 Å². The monoisotopic (exact) mass is 379 g/mol. The van der Waals surface area contributed by atoms with E-state index in [4.69, 9.17) is 14.2 Å². The maximum atomic E-state index is 10.5. The molecule has 0 saturated carbocycles. The number of ether oxygens (including phenoxy) is 3. The Morgan fingerprint density at radius 1 is 0.929 bits per heavy atom. The topological polar surface area (TPSA) is 51.2 Å². The summed E-state index contributed by atoms with van der Waals surface area (Å²) in [6.07, 6.45) is 3.54. The number of rotatable bonds is 3. The average molecular weight is 379 g/mol. The largest absolute Gasteiger partial charge is 0.504 e. The molecule has 0 spiro atoms. The van der Waals surface area contributed by atoms with Gasteiger partial charge in [-0.1, -0.05) is 6.07 Å². The summed E-state index contributed by atoms with van der Waals surface area (Å²) in [6, 6.07) is 8.47. The van der Waals surface area contributed by atoms with Gasteiger partial charge in [0, 0.05) is 18.0 Å². The number of hydrogen-bond acceptors (Lipinski definition) is 5. The summed E-state index contributed by atoms with van der Waals surface area (Å²) in [5.41, 5.74) is 2.73. The fourth-order valence-corrected chi connectivity index (χ4v) is 5.14. The third kappa shape index (κ3) is 2.35. The van der Waals surface area contributed by atoms with Crippen molar-refractivity contribution in [1.82, 2.24) is 4.90 Å².